The lowest BCUT2D eigenvalue weighted by atomic mass is 10.4. The molecule has 3 N–H and O–H groups in total. The minimum absolute atomic E-state index is 0.107. The van der Waals surface area contributed by atoms with Crippen molar-refractivity contribution in [2.45, 2.75) is 19.6 Å². The van der Waals surface area contributed by atoms with Crippen molar-refractivity contribution >= 4 is 0 Å². The highest BCUT2D eigenvalue weighted by atomic mass is 16.5. The number of nitrogens with one attached hydrogen (secondary N) is 1. The van der Waals surface area contributed by atoms with Crippen molar-refractivity contribution in [1.29, 1.82) is 0 Å². The highest BCUT2D eigenvalue weighted by Gasteiger charge is 1.95. The van der Waals surface area contributed by atoms with E-state index < -0.39 is 0 Å². The summed E-state index contributed by atoms with van der Waals surface area (Å²) in [5.74, 6) is 0. The van der Waals surface area contributed by atoms with E-state index in [1.54, 1.807) is 7.11 Å². The molecule has 0 aliphatic rings. The predicted molar refractivity (Wildman–Crippen MR) is 38.1 cm³/mol. The van der Waals surface area contributed by atoms with Crippen LogP contribution in [0, 0.1) is 0 Å². The molecule has 0 spiro atoms. The number of methoxy groups -OCH3 is 1. The molecule has 0 bridgehead atoms. The van der Waals surface area contributed by atoms with Gasteiger partial charge in [-0.15, -0.1) is 0 Å². The molecular formula is C6H16N2O. The second-order valence-electron chi connectivity index (χ2n) is 1.92. The summed E-state index contributed by atoms with van der Waals surface area (Å²) in [7, 11) is 1.62. The molecule has 0 radical (unpaired) electrons. The molecule has 3 heteroatoms. The van der Waals surface area contributed by atoms with E-state index in [1.807, 2.05) is 0 Å². The summed E-state index contributed by atoms with van der Waals surface area (Å²) in [5.41, 5.74) is 5.45. The molecule has 0 aliphatic heterocycles. The van der Waals surface area contributed by atoms with Crippen LogP contribution in [0.1, 0.15) is 13.3 Å². The molecule has 0 amide bonds. The molecule has 0 saturated heterocycles. The van der Waals surface area contributed by atoms with E-state index in [1.165, 1.54) is 0 Å². The standard InChI is InChI=1S/C6H16N2O/c1-3-8-5-4-6(7)9-2/h6,8H,3-5,7H2,1-2H3/t6-/m1/s1. The Hall–Kier alpha value is -0.120. The molecule has 0 aromatic heterocycles. The first-order valence-electron chi connectivity index (χ1n) is 3.30. The number of nitrogens with two attached hydrogens (primary N) is 1. The van der Waals surface area contributed by atoms with Gasteiger partial charge in [0.1, 0.15) is 6.23 Å². The van der Waals surface area contributed by atoms with Gasteiger partial charge >= 0.3 is 0 Å². The first kappa shape index (κ1) is 8.88. The van der Waals surface area contributed by atoms with E-state index >= 15 is 0 Å². The highest BCUT2D eigenvalue weighted by Crippen LogP contribution is 1.84. The van der Waals surface area contributed by atoms with Gasteiger partial charge in [0, 0.05) is 7.11 Å². The van der Waals surface area contributed by atoms with Crippen molar-refractivity contribution in [2.24, 2.45) is 5.73 Å². The average molecular weight is 132 g/mol. The number of ether oxygens (including phenoxy) is 1. The number of hydrogen-bond donors (Lipinski definition) is 2. The Kier molecular flexibility index (Phi) is 5.93. The highest BCUT2D eigenvalue weighted by molar-refractivity contribution is 4.49. The van der Waals surface area contributed by atoms with E-state index in [0.29, 0.717) is 0 Å². The van der Waals surface area contributed by atoms with Crippen LogP contribution in [0.2, 0.25) is 0 Å². The molecule has 0 unspecified atom stereocenters. The molecule has 9 heavy (non-hydrogen) atoms. The van der Waals surface area contributed by atoms with Crippen LogP contribution in [0.4, 0.5) is 0 Å². The summed E-state index contributed by atoms with van der Waals surface area (Å²) in [4.78, 5) is 0. The smallest absolute Gasteiger partial charge is 0.106 e. The summed E-state index contributed by atoms with van der Waals surface area (Å²) in [6.45, 7) is 4.00. The van der Waals surface area contributed by atoms with Gasteiger partial charge in [0.2, 0.25) is 0 Å². The number of hydrogen-bond acceptors (Lipinski definition) is 3. The van der Waals surface area contributed by atoms with Crippen LogP contribution in [0.25, 0.3) is 0 Å². The molecule has 0 heterocycles. The van der Waals surface area contributed by atoms with Crippen molar-refractivity contribution < 1.29 is 4.74 Å². The quantitative estimate of drug-likeness (QED) is 0.406. The van der Waals surface area contributed by atoms with Crippen molar-refractivity contribution in [3.63, 3.8) is 0 Å². The van der Waals surface area contributed by atoms with E-state index in [4.69, 9.17) is 10.5 Å². The van der Waals surface area contributed by atoms with Gasteiger partial charge in [-0.1, -0.05) is 6.92 Å². The first-order chi connectivity index (χ1) is 4.31. The molecule has 0 aliphatic carbocycles. The van der Waals surface area contributed by atoms with Crippen molar-refractivity contribution in [1.82, 2.24) is 5.32 Å². The zero-order valence-corrected chi connectivity index (χ0v) is 6.18. The van der Waals surface area contributed by atoms with E-state index in [9.17, 15) is 0 Å². The van der Waals surface area contributed by atoms with Gasteiger partial charge in [-0.3, -0.25) is 0 Å². The fourth-order valence-electron chi connectivity index (χ4n) is 0.539. The Labute approximate surface area is 56.6 Å². The lowest BCUT2D eigenvalue weighted by molar-refractivity contribution is 0.101. The Bertz CT molecular complexity index is 59.0. The molecule has 0 aromatic carbocycles. The van der Waals surface area contributed by atoms with Gasteiger partial charge in [-0.2, -0.15) is 0 Å². The van der Waals surface area contributed by atoms with Crippen LogP contribution >= 0.6 is 0 Å². The monoisotopic (exact) mass is 132 g/mol. The molecule has 0 rings (SSSR count). The zero-order chi connectivity index (χ0) is 7.11. The average Bonchev–Trinajstić information content (AvgIpc) is 1.89. The van der Waals surface area contributed by atoms with Crippen LogP contribution in [0.3, 0.4) is 0 Å². The largest absolute Gasteiger partial charge is 0.367 e. The predicted octanol–water partition coefficient (Wildman–Crippen LogP) is -0.0828. The van der Waals surface area contributed by atoms with Crippen molar-refractivity contribution in [2.75, 3.05) is 20.2 Å². The van der Waals surface area contributed by atoms with Crippen LogP contribution in [0.5, 0.6) is 0 Å². The maximum Gasteiger partial charge on any atom is 0.106 e. The van der Waals surface area contributed by atoms with Crippen molar-refractivity contribution in [3.8, 4) is 0 Å². The third-order valence-corrected chi connectivity index (χ3v) is 1.16. The first-order valence-corrected chi connectivity index (χ1v) is 3.30. The summed E-state index contributed by atoms with van der Waals surface area (Å²) < 4.78 is 4.83. The third kappa shape index (κ3) is 5.76. The molecular weight excluding hydrogens is 116 g/mol. The lowest BCUT2D eigenvalue weighted by Gasteiger charge is -2.08. The fraction of sp³-hybridized carbons (Fsp3) is 1.00. The Balaban J connectivity index is 2.88. The molecule has 0 fully saturated rings. The SMILES string of the molecule is CCNCC[C@H](N)OC. The van der Waals surface area contributed by atoms with Crippen LogP contribution in [0.15, 0.2) is 0 Å². The van der Waals surface area contributed by atoms with Crippen LogP contribution < -0.4 is 11.1 Å². The van der Waals surface area contributed by atoms with E-state index in [-0.39, 0.29) is 6.23 Å². The third-order valence-electron chi connectivity index (χ3n) is 1.16. The van der Waals surface area contributed by atoms with Crippen LogP contribution in [-0.4, -0.2) is 26.4 Å². The number of rotatable bonds is 5. The molecule has 0 saturated carbocycles. The Morgan fingerprint density at radius 3 is 2.78 bits per heavy atom. The van der Waals surface area contributed by atoms with E-state index in [0.717, 1.165) is 19.5 Å². The second kappa shape index (κ2) is 6.01. The molecule has 1 atom stereocenters. The molecule has 56 valence electrons. The van der Waals surface area contributed by atoms with Gasteiger partial charge in [0.05, 0.1) is 0 Å². The maximum atomic E-state index is 5.45. The summed E-state index contributed by atoms with van der Waals surface area (Å²) >= 11 is 0. The fourth-order valence-corrected chi connectivity index (χ4v) is 0.539. The zero-order valence-electron chi connectivity index (χ0n) is 6.18. The Morgan fingerprint density at radius 2 is 2.33 bits per heavy atom. The molecule has 0 aromatic rings. The van der Waals surface area contributed by atoms with Gasteiger partial charge < -0.3 is 15.8 Å². The minimum atomic E-state index is -0.107. The summed E-state index contributed by atoms with van der Waals surface area (Å²) in [6, 6.07) is 0. The minimum Gasteiger partial charge on any atom is -0.367 e. The maximum absolute atomic E-state index is 5.45. The normalized spacial score (nSPS) is 13.7. The topological polar surface area (TPSA) is 47.3 Å². The van der Waals surface area contributed by atoms with Gasteiger partial charge in [-0.25, -0.2) is 0 Å². The Morgan fingerprint density at radius 1 is 1.67 bits per heavy atom. The molecule has 3 nitrogen and oxygen atoms in total. The van der Waals surface area contributed by atoms with Crippen molar-refractivity contribution in [3.05, 3.63) is 0 Å². The summed E-state index contributed by atoms with van der Waals surface area (Å²) in [6.07, 6.45) is 0.772. The lowest BCUT2D eigenvalue weighted by Crippen LogP contribution is -2.27. The van der Waals surface area contributed by atoms with Gasteiger partial charge in [0.25, 0.3) is 0 Å². The summed E-state index contributed by atoms with van der Waals surface area (Å²) in [5, 5.41) is 3.15. The van der Waals surface area contributed by atoms with Gasteiger partial charge in [0.15, 0.2) is 0 Å². The van der Waals surface area contributed by atoms with Crippen LogP contribution in [-0.2, 0) is 4.74 Å². The van der Waals surface area contributed by atoms with E-state index in [2.05, 4.69) is 12.2 Å². The second-order valence-corrected chi connectivity index (χ2v) is 1.92. The van der Waals surface area contributed by atoms with Gasteiger partial charge in [-0.05, 0) is 19.5 Å².